The number of nitrogen functional groups attached to an aromatic ring is 1. The van der Waals surface area contributed by atoms with Gasteiger partial charge in [-0.2, -0.15) is 0 Å². The highest BCUT2D eigenvalue weighted by Crippen LogP contribution is 2.27. The molecule has 5 heteroatoms. The molecule has 4 nitrogen and oxygen atoms in total. The first-order valence-corrected chi connectivity index (χ1v) is 6.73. The summed E-state index contributed by atoms with van der Waals surface area (Å²) in [6, 6.07) is 2.67. The summed E-state index contributed by atoms with van der Waals surface area (Å²) in [7, 11) is 0. The molecule has 2 rings (SSSR count). The van der Waals surface area contributed by atoms with Gasteiger partial charge in [-0.25, -0.2) is 4.39 Å². The van der Waals surface area contributed by atoms with Crippen molar-refractivity contribution < 1.29 is 9.18 Å². The molecule has 1 aliphatic rings. The molecule has 0 unspecified atom stereocenters. The van der Waals surface area contributed by atoms with Gasteiger partial charge >= 0.3 is 0 Å². The molecule has 19 heavy (non-hydrogen) atoms. The molecule has 0 bridgehead atoms. The number of rotatable bonds is 2. The van der Waals surface area contributed by atoms with Crippen LogP contribution in [-0.4, -0.2) is 19.0 Å². The van der Waals surface area contributed by atoms with E-state index < -0.39 is 5.91 Å². The first kappa shape index (κ1) is 13.6. The first-order chi connectivity index (χ1) is 9.09. The Morgan fingerprint density at radius 1 is 1.11 bits per heavy atom. The molecule has 1 aliphatic heterocycles. The molecule has 0 aromatic heterocycles. The van der Waals surface area contributed by atoms with Gasteiger partial charge in [0.05, 0.1) is 11.3 Å². The predicted molar refractivity (Wildman–Crippen MR) is 74.6 cm³/mol. The van der Waals surface area contributed by atoms with Crippen LogP contribution < -0.4 is 16.4 Å². The van der Waals surface area contributed by atoms with Crippen molar-refractivity contribution in [3.8, 4) is 0 Å². The number of carbonyl (C=O) groups is 1. The van der Waals surface area contributed by atoms with Crippen molar-refractivity contribution in [1.82, 2.24) is 0 Å². The maximum Gasteiger partial charge on any atom is 0.250 e. The largest absolute Gasteiger partial charge is 0.398 e. The van der Waals surface area contributed by atoms with Gasteiger partial charge in [-0.1, -0.05) is 19.3 Å². The number of halogens is 1. The Labute approximate surface area is 112 Å². The van der Waals surface area contributed by atoms with E-state index in [1.54, 1.807) is 0 Å². The van der Waals surface area contributed by atoms with E-state index in [2.05, 4.69) is 0 Å². The van der Waals surface area contributed by atoms with Crippen LogP contribution in [0.3, 0.4) is 0 Å². The lowest BCUT2D eigenvalue weighted by atomic mass is 10.1. The maximum absolute atomic E-state index is 14.0. The van der Waals surface area contributed by atoms with E-state index in [9.17, 15) is 9.18 Å². The zero-order valence-electron chi connectivity index (χ0n) is 11.0. The molecular formula is C14H20FN3O. The minimum atomic E-state index is -0.620. The zero-order valence-corrected chi connectivity index (χ0v) is 11.0. The summed E-state index contributed by atoms with van der Waals surface area (Å²) in [5, 5.41) is 0. The van der Waals surface area contributed by atoms with E-state index in [1.807, 2.05) is 4.90 Å². The van der Waals surface area contributed by atoms with Crippen LogP contribution in [0.1, 0.15) is 42.5 Å². The quantitative estimate of drug-likeness (QED) is 0.806. The Kier molecular flexibility index (Phi) is 4.24. The summed E-state index contributed by atoms with van der Waals surface area (Å²) in [5.41, 5.74) is 11.6. The van der Waals surface area contributed by atoms with Crippen molar-refractivity contribution in [2.75, 3.05) is 23.7 Å². The van der Waals surface area contributed by atoms with E-state index in [1.165, 1.54) is 18.6 Å². The fraction of sp³-hybridized carbons (Fsp3) is 0.500. The second-order valence-corrected chi connectivity index (χ2v) is 5.01. The molecule has 1 heterocycles. The van der Waals surface area contributed by atoms with Gasteiger partial charge in [0, 0.05) is 18.8 Å². The Bertz CT molecular complexity index is 468. The van der Waals surface area contributed by atoms with Crippen LogP contribution in [0.4, 0.5) is 15.8 Å². The van der Waals surface area contributed by atoms with Crippen molar-refractivity contribution in [3.05, 3.63) is 23.5 Å². The third-order valence-corrected chi connectivity index (χ3v) is 3.58. The molecule has 1 aromatic rings. The zero-order chi connectivity index (χ0) is 13.8. The summed E-state index contributed by atoms with van der Waals surface area (Å²) >= 11 is 0. The second-order valence-electron chi connectivity index (χ2n) is 5.01. The number of primary amides is 1. The fourth-order valence-corrected chi connectivity index (χ4v) is 2.52. The Morgan fingerprint density at radius 2 is 1.68 bits per heavy atom. The van der Waals surface area contributed by atoms with Crippen LogP contribution in [0.15, 0.2) is 12.1 Å². The average molecular weight is 265 g/mol. The minimum absolute atomic E-state index is 0.0980. The van der Waals surface area contributed by atoms with Gasteiger partial charge in [0.15, 0.2) is 0 Å². The van der Waals surface area contributed by atoms with E-state index >= 15 is 0 Å². The number of hydrogen-bond donors (Lipinski definition) is 2. The maximum atomic E-state index is 14.0. The molecular weight excluding hydrogens is 245 g/mol. The topological polar surface area (TPSA) is 72.4 Å². The number of nitrogens with zero attached hydrogens (tertiary/aromatic N) is 1. The molecule has 1 aromatic carbocycles. The van der Waals surface area contributed by atoms with Gasteiger partial charge in [0.25, 0.3) is 5.91 Å². The third kappa shape index (κ3) is 3.16. The number of carbonyl (C=O) groups excluding carboxylic acids is 1. The molecule has 1 saturated heterocycles. The number of hydrogen-bond acceptors (Lipinski definition) is 3. The van der Waals surface area contributed by atoms with Crippen LogP contribution in [0, 0.1) is 5.82 Å². The van der Waals surface area contributed by atoms with Crippen molar-refractivity contribution in [2.24, 2.45) is 5.73 Å². The van der Waals surface area contributed by atoms with Gasteiger partial charge in [-0.3, -0.25) is 4.79 Å². The summed E-state index contributed by atoms with van der Waals surface area (Å²) < 4.78 is 14.0. The molecule has 104 valence electrons. The van der Waals surface area contributed by atoms with E-state index in [4.69, 9.17) is 11.5 Å². The summed E-state index contributed by atoms with van der Waals surface area (Å²) in [5.74, 6) is -1.01. The van der Waals surface area contributed by atoms with Crippen molar-refractivity contribution in [1.29, 1.82) is 0 Å². The van der Waals surface area contributed by atoms with Crippen LogP contribution in [0.5, 0.6) is 0 Å². The highest BCUT2D eigenvalue weighted by Gasteiger charge is 2.17. The van der Waals surface area contributed by atoms with Crippen molar-refractivity contribution in [3.63, 3.8) is 0 Å². The lowest BCUT2D eigenvalue weighted by Gasteiger charge is -2.27. The lowest BCUT2D eigenvalue weighted by Crippen LogP contribution is -2.28. The van der Waals surface area contributed by atoms with E-state index in [0.29, 0.717) is 5.69 Å². The van der Waals surface area contributed by atoms with Crippen LogP contribution in [-0.2, 0) is 0 Å². The minimum Gasteiger partial charge on any atom is -0.398 e. The number of benzene rings is 1. The van der Waals surface area contributed by atoms with E-state index in [-0.39, 0.29) is 17.1 Å². The molecule has 0 radical (unpaired) electrons. The van der Waals surface area contributed by atoms with Crippen molar-refractivity contribution >= 4 is 17.3 Å². The smallest absolute Gasteiger partial charge is 0.250 e. The van der Waals surface area contributed by atoms with Gasteiger partial charge < -0.3 is 16.4 Å². The average Bonchev–Trinajstić information content (AvgIpc) is 2.29. The summed E-state index contributed by atoms with van der Waals surface area (Å²) in [4.78, 5) is 13.3. The van der Waals surface area contributed by atoms with Crippen molar-refractivity contribution in [2.45, 2.75) is 32.1 Å². The van der Waals surface area contributed by atoms with E-state index in [0.717, 1.165) is 38.8 Å². The molecule has 0 saturated carbocycles. The summed E-state index contributed by atoms with van der Waals surface area (Å²) in [6.07, 6.45) is 5.64. The Balaban J connectivity index is 2.31. The molecule has 0 aliphatic carbocycles. The first-order valence-electron chi connectivity index (χ1n) is 6.73. The molecule has 1 amide bonds. The normalized spacial score (nSPS) is 16.8. The van der Waals surface area contributed by atoms with Gasteiger partial charge in [-0.05, 0) is 25.0 Å². The lowest BCUT2D eigenvalue weighted by molar-refractivity contribution is 0.100. The molecule has 1 fully saturated rings. The molecule has 4 N–H and O–H groups in total. The standard InChI is InChI=1S/C14H20FN3O/c15-11-9-12(16)10(14(17)19)8-13(11)18-6-4-2-1-3-5-7-18/h8-9H,1-7,16H2,(H2,17,19). The third-order valence-electron chi connectivity index (χ3n) is 3.58. The van der Waals surface area contributed by atoms with Gasteiger partial charge in [0.1, 0.15) is 5.82 Å². The Hall–Kier alpha value is -1.78. The SMILES string of the molecule is NC(=O)c1cc(N2CCCCCCC2)c(F)cc1N. The fourth-order valence-electron chi connectivity index (χ4n) is 2.52. The number of amides is 1. The second kappa shape index (κ2) is 5.91. The highest BCUT2D eigenvalue weighted by atomic mass is 19.1. The van der Waals surface area contributed by atoms with Crippen LogP contribution in [0.25, 0.3) is 0 Å². The Morgan fingerprint density at radius 3 is 2.26 bits per heavy atom. The number of anilines is 2. The highest BCUT2D eigenvalue weighted by molar-refractivity contribution is 5.99. The number of nitrogens with two attached hydrogens (primary N) is 2. The monoisotopic (exact) mass is 265 g/mol. The van der Waals surface area contributed by atoms with Gasteiger partial charge in [0.2, 0.25) is 0 Å². The van der Waals surface area contributed by atoms with Crippen LogP contribution >= 0.6 is 0 Å². The summed E-state index contributed by atoms with van der Waals surface area (Å²) in [6.45, 7) is 1.61. The molecule has 0 atom stereocenters. The molecule has 0 spiro atoms. The van der Waals surface area contributed by atoms with Gasteiger partial charge in [-0.15, -0.1) is 0 Å². The van der Waals surface area contributed by atoms with Crippen LogP contribution in [0.2, 0.25) is 0 Å². The predicted octanol–water partition coefficient (Wildman–Crippen LogP) is 2.28.